The van der Waals surface area contributed by atoms with E-state index in [0.717, 1.165) is 0 Å². The Balaban J connectivity index is 2.44. The van der Waals surface area contributed by atoms with Crippen molar-refractivity contribution in [2.45, 2.75) is 12.3 Å². The molecule has 3 N–H and O–H groups in total. The van der Waals surface area contributed by atoms with Gasteiger partial charge in [-0.1, -0.05) is 18.2 Å². The number of ether oxygens (including phenoxy) is 2. The largest absolute Gasteiger partial charge is 0.466 e. The first-order valence-corrected chi connectivity index (χ1v) is 6.77. The predicted molar refractivity (Wildman–Crippen MR) is 79.4 cm³/mol. The maximum atomic E-state index is 12.8. The molecule has 2 aliphatic rings. The monoisotopic (exact) mass is 311 g/mol. The number of methoxy groups -OCH3 is 1. The van der Waals surface area contributed by atoms with Gasteiger partial charge in [-0.2, -0.15) is 5.26 Å². The molecule has 2 aliphatic heterocycles. The zero-order chi connectivity index (χ0) is 16.8. The molecule has 1 atom stereocenters. The van der Waals surface area contributed by atoms with Crippen molar-refractivity contribution in [3.05, 3.63) is 52.6 Å². The van der Waals surface area contributed by atoms with Crippen LogP contribution in [0.5, 0.6) is 0 Å². The Morgan fingerprint density at radius 1 is 1.43 bits per heavy atom. The Morgan fingerprint density at radius 3 is 2.78 bits per heavy atom. The number of allylic oxidation sites excluding steroid dienone is 1. The third-order valence-corrected chi connectivity index (χ3v) is 4.03. The van der Waals surface area contributed by atoms with Gasteiger partial charge in [0, 0.05) is 11.3 Å². The highest BCUT2D eigenvalue weighted by atomic mass is 16.5. The van der Waals surface area contributed by atoms with Crippen molar-refractivity contribution in [2.75, 3.05) is 12.4 Å². The smallest absolute Gasteiger partial charge is 0.339 e. The summed E-state index contributed by atoms with van der Waals surface area (Å²) >= 11 is 0. The summed E-state index contributed by atoms with van der Waals surface area (Å²) in [6.07, 6.45) is 0. The van der Waals surface area contributed by atoms with Gasteiger partial charge in [0.05, 0.1) is 7.11 Å². The summed E-state index contributed by atoms with van der Waals surface area (Å²) in [5.41, 5.74) is 4.96. The quantitative estimate of drug-likeness (QED) is 0.749. The van der Waals surface area contributed by atoms with E-state index < -0.39 is 17.3 Å². The number of nitrogens with zero attached hydrogens (tertiary/aromatic N) is 1. The van der Waals surface area contributed by atoms with E-state index in [2.05, 4.69) is 5.32 Å². The maximum Gasteiger partial charge on any atom is 0.339 e. The van der Waals surface area contributed by atoms with E-state index in [0.29, 0.717) is 11.3 Å². The van der Waals surface area contributed by atoms with Crippen LogP contribution < -0.4 is 11.1 Å². The maximum absolute atomic E-state index is 12.8. The highest BCUT2D eigenvalue weighted by Gasteiger charge is 2.59. The summed E-state index contributed by atoms with van der Waals surface area (Å²) in [4.78, 5) is 25.2. The second-order valence-corrected chi connectivity index (χ2v) is 5.13. The fraction of sp³-hybridized carbons (Fsp3) is 0.188. The molecule has 0 unspecified atom stereocenters. The number of rotatable bonds is 1. The molecule has 3 rings (SSSR count). The van der Waals surface area contributed by atoms with Crippen LogP contribution in [0.1, 0.15) is 12.5 Å². The van der Waals surface area contributed by atoms with Gasteiger partial charge < -0.3 is 20.5 Å². The lowest BCUT2D eigenvalue weighted by atomic mass is 9.68. The number of para-hydroxylation sites is 1. The minimum atomic E-state index is -1.66. The second kappa shape index (κ2) is 4.88. The fourth-order valence-corrected chi connectivity index (χ4v) is 3.13. The molecule has 0 saturated carbocycles. The molecule has 1 spiro atoms. The molecule has 7 heteroatoms. The number of hydrogen-bond donors (Lipinski definition) is 2. The van der Waals surface area contributed by atoms with Gasteiger partial charge >= 0.3 is 5.97 Å². The summed E-state index contributed by atoms with van der Waals surface area (Å²) in [6.45, 7) is 1.50. The fourth-order valence-electron chi connectivity index (χ4n) is 3.13. The summed E-state index contributed by atoms with van der Waals surface area (Å²) < 4.78 is 10.1. The van der Waals surface area contributed by atoms with E-state index in [9.17, 15) is 14.9 Å². The van der Waals surface area contributed by atoms with Gasteiger partial charge in [0.1, 0.15) is 23.0 Å². The Bertz CT molecular complexity index is 847. The number of benzene rings is 1. The van der Waals surface area contributed by atoms with Crippen LogP contribution in [0.4, 0.5) is 5.69 Å². The van der Waals surface area contributed by atoms with Crippen LogP contribution in [0.25, 0.3) is 0 Å². The van der Waals surface area contributed by atoms with Crippen LogP contribution in [0.3, 0.4) is 0 Å². The van der Waals surface area contributed by atoms with Gasteiger partial charge in [0.15, 0.2) is 5.41 Å². The van der Waals surface area contributed by atoms with Crippen molar-refractivity contribution in [1.29, 1.82) is 5.26 Å². The number of fused-ring (bicyclic) bond motifs is 2. The zero-order valence-corrected chi connectivity index (χ0v) is 12.5. The van der Waals surface area contributed by atoms with E-state index >= 15 is 0 Å². The normalized spacial score (nSPS) is 22.4. The number of hydrogen-bond acceptors (Lipinski definition) is 6. The van der Waals surface area contributed by atoms with E-state index in [1.54, 1.807) is 24.3 Å². The molecular formula is C16H13N3O4. The number of amides is 1. The molecule has 1 aromatic rings. The number of nitrogens with two attached hydrogens (primary N) is 1. The van der Waals surface area contributed by atoms with Crippen LogP contribution in [-0.2, 0) is 24.5 Å². The first-order chi connectivity index (χ1) is 11.0. The first kappa shape index (κ1) is 14.7. The molecule has 1 aromatic carbocycles. The van der Waals surface area contributed by atoms with Crippen LogP contribution in [-0.4, -0.2) is 19.0 Å². The van der Waals surface area contributed by atoms with E-state index in [-0.39, 0.29) is 22.8 Å². The van der Waals surface area contributed by atoms with Crippen LogP contribution >= 0.6 is 0 Å². The summed E-state index contributed by atoms with van der Waals surface area (Å²) in [5.74, 6) is -1.37. The number of esters is 1. The standard InChI is InChI=1S/C16H13N3O4/c1-8-12(14(20)22-2)16(10(7-17)13(18)23-8)9-5-3-4-6-11(9)19-15(16)21/h3-6H,18H2,1-2H3,(H,19,21)/t16-/m0/s1. The second-order valence-electron chi connectivity index (χ2n) is 5.13. The Hall–Kier alpha value is -3.27. The molecule has 116 valence electrons. The first-order valence-electron chi connectivity index (χ1n) is 6.77. The number of carbonyl (C=O) groups excluding carboxylic acids is 2. The van der Waals surface area contributed by atoms with Gasteiger partial charge in [0.2, 0.25) is 11.8 Å². The highest BCUT2D eigenvalue weighted by Crippen LogP contribution is 2.51. The third-order valence-electron chi connectivity index (χ3n) is 4.03. The zero-order valence-electron chi connectivity index (χ0n) is 12.5. The van der Waals surface area contributed by atoms with Crippen LogP contribution in [0.15, 0.2) is 47.1 Å². The van der Waals surface area contributed by atoms with Crippen molar-refractivity contribution >= 4 is 17.6 Å². The number of carbonyl (C=O) groups is 2. The summed E-state index contributed by atoms with van der Waals surface area (Å²) in [7, 11) is 1.20. The Labute approximate surface area is 132 Å². The van der Waals surface area contributed by atoms with E-state index in [4.69, 9.17) is 15.2 Å². The molecule has 0 radical (unpaired) electrons. The van der Waals surface area contributed by atoms with Crippen molar-refractivity contribution < 1.29 is 19.1 Å². The molecule has 1 amide bonds. The molecule has 0 bridgehead atoms. The van der Waals surface area contributed by atoms with E-state index in [1.165, 1.54) is 14.0 Å². The predicted octanol–water partition coefficient (Wildman–Crippen LogP) is 1.05. The van der Waals surface area contributed by atoms with Crippen molar-refractivity contribution in [1.82, 2.24) is 0 Å². The minimum Gasteiger partial charge on any atom is -0.466 e. The average Bonchev–Trinajstić information content (AvgIpc) is 2.80. The average molecular weight is 311 g/mol. The van der Waals surface area contributed by atoms with Gasteiger partial charge in [-0.05, 0) is 13.0 Å². The molecule has 7 nitrogen and oxygen atoms in total. The summed E-state index contributed by atoms with van der Waals surface area (Å²) in [6, 6.07) is 8.72. The van der Waals surface area contributed by atoms with Gasteiger partial charge in [-0.15, -0.1) is 0 Å². The molecule has 23 heavy (non-hydrogen) atoms. The molecule has 2 heterocycles. The van der Waals surface area contributed by atoms with Gasteiger partial charge in [0.25, 0.3) is 0 Å². The topological polar surface area (TPSA) is 114 Å². The van der Waals surface area contributed by atoms with Crippen molar-refractivity contribution in [3.8, 4) is 6.07 Å². The lowest BCUT2D eigenvalue weighted by Crippen LogP contribution is -2.45. The van der Waals surface area contributed by atoms with Gasteiger partial charge in [-0.3, -0.25) is 4.79 Å². The lowest BCUT2D eigenvalue weighted by Gasteiger charge is -2.33. The molecule has 0 aliphatic carbocycles. The molecular weight excluding hydrogens is 298 g/mol. The SMILES string of the molecule is COC(=O)C1=C(C)OC(N)=C(C#N)[C@]12C(=O)Nc1ccccc12. The Morgan fingerprint density at radius 2 is 2.13 bits per heavy atom. The molecule has 0 aromatic heterocycles. The van der Waals surface area contributed by atoms with Crippen LogP contribution in [0, 0.1) is 11.3 Å². The number of nitrogens with one attached hydrogen (secondary N) is 1. The third kappa shape index (κ3) is 1.69. The Kier molecular flexibility index (Phi) is 3.11. The minimum absolute atomic E-state index is 0.0480. The van der Waals surface area contributed by atoms with E-state index in [1.807, 2.05) is 6.07 Å². The van der Waals surface area contributed by atoms with Gasteiger partial charge in [-0.25, -0.2) is 4.79 Å². The van der Waals surface area contributed by atoms with Crippen molar-refractivity contribution in [2.24, 2.45) is 5.73 Å². The highest BCUT2D eigenvalue weighted by molar-refractivity contribution is 6.17. The molecule has 0 fully saturated rings. The number of nitriles is 1. The lowest BCUT2D eigenvalue weighted by molar-refractivity contribution is -0.138. The summed E-state index contributed by atoms with van der Waals surface area (Å²) in [5, 5.41) is 12.3. The van der Waals surface area contributed by atoms with Crippen molar-refractivity contribution in [3.63, 3.8) is 0 Å². The molecule has 0 saturated heterocycles. The number of anilines is 1. The van der Waals surface area contributed by atoms with Crippen LogP contribution in [0.2, 0.25) is 0 Å².